The van der Waals surface area contributed by atoms with E-state index in [1.165, 1.54) is 128 Å². The molecule has 0 aromatic heterocycles. The average Bonchev–Trinajstić information content (AvgIpc) is 3.07. The monoisotopic (exact) mass is 749 g/mol. The Morgan fingerprint density at radius 1 is 0.549 bits per heavy atom. The minimum absolute atomic E-state index is 0.0750. The number of phosphoric acid groups is 1. The van der Waals surface area contributed by atoms with E-state index in [0.29, 0.717) is 23.9 Å². The zero-order valence-electron chi connectivity index (χ0n) is 34.1. The van der Waals surface area contributed by atoms with Crippen molar-refractivity contribution in [2.45, 2.75) is 206 Å². The van der Waals surface area contributed by atoms with Crippen molar-refractivity contribution in [3.8, 4) is 0 Å². The van der Waals surface area contributed by atoms with E-state index in [1.807, 2.05) is 21.1 Å². The van der Waals surface area contributed by atoms with E-state index in [9.17, 15) is 19.0 Å². The maximum Gasteiger partial charge on any atom is 0.472 e. The summed E-state index contributed by atoms with van der Waals surface area (Å²) in [4.78, 5) is 35.2. The number of carbonyl (C=O) groups excluding carboxylic acids is 2. The Morgan fingerprint density at radius 2 is 0.902 bits per heavy atom. The van der Waals surface area contributed by atoms with Gasteiger partial charge in [0.15, 0.2) is 0 Å². The molecule has 0 bridgehead atoms. The van der Waals surface area contributed by atoms with Crippen LogP contribution in [-0.2, 0) is 32.7 Å². The lowest BCUT2D eigenvalue weighted by Gasteiger charge is -2.24. The second kappa shape index (κ2) is 34.8. The smallest absolute Gasteiger partial charge is 0.462 e. The normalized spacial score (nSPS) is 13.6. The van der Waals surface area contributed by atoms with Gasteiger partial charge >= 0.3 is 19.8 Å². The fourth-order valence-electron chi connectivity index (χ4n) is 6.02. The van der Waals surface area contributed by atoms with Gasteiger partial charge in [0.25, 0.3) is 0 Å². The number of likely N-dealkylation sites (N-methyl/N-ethyl adjacent to an activating group) is 1. The maximum absolute atomic E-state index is 12.7. The standard InChI is InChI=1S/C41H82NO8P/c1-6-8-10-12-14-16-18-20-22-24-26-28-30-32-40(43)47-38-39(34-36-48-51(45,46)49-37-35-42(3,4)5)50-41(44)33-31-29-27-25-23-21-19-17-15-13-11-9-7-2/h39H,6-38H2,1-5H3/p+1. The van der Waals surface area contributed by atoms with Gasteiger partial charge in [-0.05, 0) is 12.8 Å². The summed E-state index contributed by atoms with van der Waals surface area (Å²) in [7, 11) is 1.64. The van der Waals surface area contributed by atoms with Crippen LogP contribution in [-0.4, -0.2) is 74.9 Å². The molecule has 0 spiro atoms. The summed E-state index contributed by atoms with van der Waals surface area (Å²) in [6, 6.07) is 0. The van der Waals surface area contributed by atoms with E-state index in [2.05, 4.69) is 13.8 Å². The van der Waals surface area contributed by atoms with Gasteiger partial charge in [0.2, 0.25) is 0 Å². The minimum atomic E-state index is -4.25. The van der Waals surface area contributed by atoms with Crippen LogP contribution in [0.2, 0.25) is 0 Å². The third-order valence-corrected chi connectivity index (χ3v) is 10.4. The van der Waals surface area contributed by atoms with Crippen LogP contribution in [0.1, 0.15) is 200 Å². The molecule has 0 radical (unpaired) electrons. The van der Waals surface area contributed by atoms with E-state index in [0.717, 1.165) is 38.5 Å². The van der Waals surface area contributed by atoms with Crippen LogP contribution in [0.4, 0.5) is 0 Å². The van der Waals surface area contributed by atoms with Gasteiger partial charge in [-0.3, -0.25) is 18.6 Å². The van der Waals surface area contributed by atoms with Crippen LogP contribution in [0.15, 0.2) is 0 Å². The number of rotatable bonds is 39. The Labute approximate surface area is 314 Å². The quantitative estimate of drug-likeness (QED) is 0.0286. The van der Waals surface area contributed by atoms with E-state index < -0.39 is 13.9 Å². The molecular formula is C41H83NO8P+. The molecule has 0 saturated carbocycles. The van der Waals surface area contributed by atoms with Crippen LogP contribution >= 0.6 is 7.82 Å². The van der Waals surface area contributed by atoms with Gasteiger partial charge < -0.3 is 18.9 Å². The van der Waals surface area contributed by atoms with Crippen molar-refractivity contribution in [2.24, 2.45) is 0 Å². The topological polar surface area (TPSA) is 108 Å². The van der Waals surface area contributed by atoms with Crippen molar-refractivity contribution >= 4 is 19.8 Å². The lowest BCUT2D eigenvalue weighted by Crippen LogP contribution is -2.37. The number of ether oxygens (including phenoxy) is 2. The zero-order valence-corrected chi connectivity index (χ0v) is 35.0. The van der Waals surface area contributed by atoms with Crippen LogP contribution in [0.3, 0.4) is 0 Å². The fraction of sp³-hybridized carbons (Fsp3) is 0.951. The third kappa shape index (κ3) is 38.5. The number of esters is 2. The summed E-state index contributed by atoms with van der Waals surface area (Å²) in [5.41, 5.74) is 0. The summed E-state index contributed by atoms with van der Waals surface area (Å²) in [6.07, 6.45) is 32.1. The largest absolute Gasteiger partial charge is 0.472 e. The first kappa shape index (κ1) is 50.0. The Morgan fingerprint density at radius 3 is 1.29 bits per heavy atom. The summed E-state index contributed by atoms with van der Waals surface area (Å²) < 4.78 is 34.3. The highest BCUT2D eigenvalue weighted by molar-refractivity contribution is 7.47. The molecule has 0 aromatic carbocycles. The van der Waals surface area contributed by atoms with Gasteiger partial charge in [-0.1, -0.05) is 168 Å². The number of phosphoric ester groups is 1. The predicted molar refractivity (Wildman–Crippen MR) is 211 cm³/mol. The molecule has 2 unspecified atom stereocenters. The van der Waals surface area contributed by atoms with Gasteiger partial charge in [0.1, 0.15) is 25.9 Å². The third-order valence-electron chi connectivity index (χ3n) is 9.41. The average molecular weight is 749 g/mol. The molecule has 0 aliphatic rings. The molecule has 2 atom stereocenters. The van der Waals surface area contributed by atoms with E-state index in [1.54, 1.807) is 0 Å². The molecule has 0 aliphatic carbocycles. The number of unbranched alkanes of at least 4 members (excludes halogenated alkanes) is 24. The molecular weight excluding hydrogens is 665 g/mol. The molecule has 51 heavy (non-hydrogen) atoms. The Balaban J connectivity index is 4.37. The first-order chi connectivity index (χ1) is 24.5. The Hall–Kier alpha value is -0.990. The van der Waals surface area contributed by atoms with Crippen molar-refractivity contribution in [1.29, 1.82) is 0 Å². The second-order valence-electron chi connectivity index (χ2n) is 15.7. The molecule has 304 valence electrons. The molecule has 0 aliphatic heterocycles. The van der Waals surface area contributed by atoms with Crippen molar-refractivity contribution in [3.05, 3.63) is 0 Å². The summed E-state index contributed by atoms with van der Waals surface area (Å²) in [6.45, 7) is 4.87. The van der Waals surface area contributed by atoms with Gasteiger partial charge in [0.05, 0.1) is 27.7 Å². The Bertz CT molecular complexity index is 850. The number of hydrogen-bond acceptors (Lipinski definition) is 7. The van der Waals surface area contributed by atoms with Gasteiger partial charge in [-0.15, -0.1) is 0 Å². The first-order valence-electron chi connectivity index (χ1n) is 21.3. The summed E-state index contributed by atoms with van der Waals surface area (Å²) in [5.74, 6) is -0.657. The highest BCUT2D eigenvalue weighted by Gasteiger charge is 2.24. The molecule has 0 aromatic rings. The Kier molecular flexibility index (Phi) is 34.1. The number of quaternary nitrogens is 1. The highest BCUT2D eigenvalue weighted by atomic mass is 31.2. The van der Waals surface area contributed by atoms with E-state index >= 15 is 0 Å². The van der Waals surface area contributed by atoms with Crippen molar-refractivity contribution < 1.29 is 42.1 Å². The molecule has 0 rings (SSSR count). The molecule has 1 N–H and O–H groups in total. The van der Waals surface area contributed by atoms with E-state index in [4.69, 9.17) is 18.5 Å². The first-order valence-corrected chi connectivity index (χ1v) is 22.8. The summed E-state index contributed by atoms with van der Waals surface area (Å²) in [5, 5.41) is 0. The molecule has 9 nitrogen and oxygen atoms in total. The molecule has 0 heterocycles. The van der Waals surface area contributed by atoms with Crippen LogP contribution in [0.25, 0.3) is 0 Å². The fourth-order valence-corrected chi connectivity index (χ4v) is 6.74. The lowest BCUT2D eigenvalue weighted by atomic mass is 10.0. The number of carbonyl (C=O) groups is 2. The van der Waals surface area contributed by atoms with Crippen LogP contribution in [0, 0.1) is 0 Å². The van der Waals surface area contributed by atoms with Gasteiger partial charge in [-0.2, -0.15) is 0 Å². The number of hydrogen-bond donors (Lipinski definition) is 1. The molecule has 0 saturated heterocycles. The van der Waals surface area contributed by atoms with Crippen molar-refractivity contribution in [2.75, 3.05) is 47.5 Å². The lowest BCUT2D eigenvalue weighted by molar-refractivity contribution is -0.870. The molecule has 0 amide bonds. The molecule has 10 heteroatoms. The van der Waals surface area contributed by atoms with Gasteiger partial charge in [-0.25, -0.2) is 4.57 Å². The highest BCUT2D eigenvalue weighted by Crippen LogP contribution is 2.43. The number of nitrogens with zero attached hydrogens (tertiary/aromatic N) is 1. The molecule has 0 fully saturated rings. The van der Waals surface area contributed by atoms with Gasteiger partial charge in [0, 0.05) is 19.3 Å². The summed E-state index contributed by atoms with van der Waals surface area (Å²) >= 11 is 0. The minimum Gasteiger partial charge on any atom is -0.462 e. The van der Waals surface area contributed by atoms with Crippen LogP contribution < -0.4 is 0 Å². The maximum atomic E-state index is 12.7. The predicted octanol–water partition coefficient (Wildman–Crippen LogP) is 11.6. The van der Waals surface area contributed by atoms with Crippen molar-refractivity contribution in [1.82, 2.24) is 0 Å². The van der Waals surface area contributed by atoms with Crippen molar-refractivity contribution in [3.63, 3.8) is 0 Å². The van der Waals surface area contributed by atoms with E-state index in [-0.39, 0.29) is 38.2 Å². The second-order valence-corrected chi connectivity index (χ2v) is 17.2. The SMILES string of the molecule is CCCCCCCCCCCCCCCC(=O)OCC(CCOP(=O)(O)OCC[N+](C)(C)C)OC(=O)CCCCCCCCCCCCCCC. The zero-order chi connectivity index (χ0) is 37.9. The van der Waals surface area contributed by atoms with Crippen LogP contribution in [0.5, 0.6) is 0 Å².